The largest absolute Gasteiger partial charge is 0.398 e. The summed E-state index contributed by atoms with van der Waals surface area (Å²) in [5.74, 6) is 0.192. The first-order valence-corrected chi connectivity index (χ1v) is 7.93. The second-order valence-electron chi connectivity index (χ2n) is 4.03. The van der Waals surface area contributed by atoms with E-state index in [-0.39, 0.29) is 11.7 Å². The summed E-state index contributed by atoms with van der Waals surface area (Å²) in [6, 6.07) is 12.6. The molecule has 0 aliphatic carbocycles. The summed E-state index contributed by atoms with van der Waals surface area (Å²) < 4.78 is 0.969. The van der Waals surface area contributed by atoms with Gasteiger partial charge in [0.1, 0.15) is 0 Å². The fourth-order valence-corrected chi connectivity index (χ4v) is 2.81. The molecule has 0 saturated carbocycles. The van der Waals surface area contributed by atoms with Crippen molar-refractivity contribution in [3.8, 4) is 0 Å². The van der Waals surface area contributed by atoms with Crippen molar-refractivity contribution in [2.24, 2.45) is 0 Å². The van der Waals surface area contributed by atoms with E-state index in [1.807, 2.05) is 24.3 Å². The highest BCUT2D eigenvalue weighted by Crippen LogP contribution is 2.28. The Bertz CT molecular complexity index is 619. The molecule has 0 aromatic heterocycles. The quantitative estimate of drug-likeness (QED) is 0.618. The molecule has 20 heavy (non-hydrogen) atoms. The minimum Gasteiger partial charge on any atom is -0.398 e. The molecule has 1 amide bonds. The van der Waals surface area contributed by atoms with Gasteiger partial charge in [-0.1, -0.05) is 27.5 Å². The van der Waals surface area contributed by atoms with Crippen LogP contribution in [0.3, 0.4) is 0 Å². The lowest BCUT2D eigenvalue weighted by atomic mass is 10.3. The number of carbonyl (C=O) groups excluding carboxylic acids is 1. The van der Waals surface area contributed by atoms with Crippen LogP contribution < -0.4 is 11.1 Å². The van der Waals surface area contributed by atoms with Gasteiger partial charge in [0.2, 0.25) is 5.91 Å². The zero-order valence-corrected chi connectivity index (χ0v) is 13.6. The third-order valence-corrected chi connectivity index (χ3v) is 4.30. The Labute approximate surface area is 135 Å². The van der Waals surface area contributed by atoms with Crippen LogP contribution in [0.25, 0.3) is 0 Å². The van der Waals surface area contributed by atoms with Crippen LogP contribution in [0.4, 0.5) is 11.4 Å². The number of nitrogens with two attached hydrogens (primary N) is 1. The zero-order valence-electron chi connectivity index (χ0n) is 10.4. The highest BCUT2D eigenvalue weighted by atomic mass is 79.9. The number of benzene rings is 2. The van der Waals surface area contributed by atoms with Gasteiger partial charge in [-0.05, 0) is 42.5 Å². The van der Waals surface area contributed by atoms with Crippen LogP contribution in [0.5, 0.6) is 0 Å². The van der Waals surface area contributed by atoms with Gasteiger partial charge in [-0.15, -0.1) is 11.8 Å². The summed E-state index contributed by atoms with van der Waals surface area (Å²) in [4.78, 5) is 12.7. The Hall–Kier alpha value is -1.17. The van der Waals surface area contributed by atoms with Crippen LogP contribution in [0.1, 0.15) is 0 Å². The van der Waals surface area contributed by atoms with Gasteiger partial charge in [-0.25, -0.2) is 0 Å². The zero-order chi connectivity index (χ0) is 14.5. The summed E-state index contributed by atoms with van der Waals surface area (Å²) in [6.07, 6.45) is 0. The predicted molar refractivity (Wildman–Crippen MR) is 89.4 cm³/mol. The summed E-state index contributed by atoms with van der Waals surface area (Å²) in [6.45, 7) is 0. The van der Waals surface area contributed by atoms with Crippen LogP contribution in [-0.4, -0.2) is 11.7 Å². The van der Waals surface area contributed by atoms with E-state index in [1.54, 1.807) is 18.2 Å². The molecule has 0 aliphatic heterocycles. The number of anilines is 2. The van der Waals surface area contributed by atoms with Crippen molar-refractivity contribution in [2.75, 3.05) is 16.8 Å². The summed E-state index contributed by atoms with van der Waals surface area (Å²) in [5, 5.41) is 3.43. The van der Waals surface area contributed by atoms with E-state index in [0.29, 0.717) is 10.7 Å². The van der Waals surface area contributed by atoms with Crippen molar-refractivity contribution >= 4 is 56.6 Å². The van der Waals surface area contributed by atoms with Gasteiger partial charge >= 0.3 is 0 Å². The van der Waals surface area contributed by atoms with Crippen LogP contribution in [0.2, 0.25) is 5.02 Å². The normalized spacial score (nSPS) is 10.3. The number of rotatable bonds is 4. The number of hydrogen-bond acceptors (Lipinski definition) is 3. The Morgan fingerprint density at radius 2 is 1.95 bits per heavy atom. The fraction of sp³-hybridized carbons (Fsp3) is 0.0714. The van der Waals surface area contributed by atoms with E-state index in [9.17, 15) is 4.79 Å². The Morgan fingerprint density at radius 1 is 1.25 bits per heavy atom. The second kappa shape index (κ2) is 7.02. The van der Waals surface area contributed by atoms with Gasteiger partial charge < -0.3 is 11.1 Å². The molecule has 0 radical (unpaired) electrons. The third-order valence-electron chi connectivity index (χ3n) is 2.46. The lowest BCUT2D eigenvalue weighted by molar-refractivity contribution is -0.113. The number of thioether (sulfide) groups is 1. The molecule has 0 heterocycles. The van der Waals surface area contributed by atoms with Crippen molar-refractivity contribution in [1.82, 2.24) is 0 Å². The molecule has 3 N–H and O–H groups in total. The minimum atomic E-state index is -0.0864. The topological polar surface area (TPSA) is 55.1 Å². The summed E-state index contributed by atoms with van der Waals surface area (Å²) in [7, 11) is 0. The molecule has 0 bridgehead atoms. The lowest BCUT2D eigenvalue weighted by Crippen LogP contribution is -2.14. The molecule has 0 spiro atoms. The van der Waals surface area contributed by atoms with Gasteiger partial charge in [-0.2, -0.15) is 0 Å². The average Bonchev–Trinajstić information content (AvgIpc) is 2.42. The molecule has 2 rings (SSSR count). The van der Waals surface area contributed by atoms with Crippen molar-refractivity contribution in [3.05, 3.63) is 52.0 Å². The van der Waals surface area contributed by atoms with Crippen LogP contribution in [0.15, 0.2) is 51.8 Å². The molecule has 0 atom stereocenters. The third kappa shape index (κ3) is 4.44. The van der Waals surface area contributed by atoms with Crippen molar-refractivity contribution in [1.29, 1.82) is 0 Å². The molecule has 104 valence electrons. The highest BCUT2D eigenvalue weighted by molar-refractivity contribution is 9.10. The Kier molecular flexibility index (Phi) is 5.34. The van der Waals surface area contributed by atoms with Gasteiger partial charge in [0, 0.05) is 25.8 Å². The number of hydrogen-bond donors (Lipinski definition) is 2. The maximum Gasteiger partial charge on any atom is 0.234 e. The SMILES string of the molecule is Nc1ccc(Cl)cc1SCC(=O)Nc1ccc(Br)cc1. The van der Waals surface area contributed by atoms with Gasteiger partial charge in [0.15, 0.2) is 0 Å². The standard InChI is InChI=1S/C14H12BrClN2OS/c15-9-1-4-11(5-2-9)18-14(19)8-20-13-7-10(16)3-6-12(13)17/h1-7H,8,17H2,(H,18,19). The Balaban J connectivity index is 1.92. The van der Waals surface area contributed by atoms with Gasteiger partial charge in [-0.3, -0.25) is 4.79 Å². The molecule has 3 nitrogen and oxygen atoms in total. The number of nitrogens with one attached hydrogen (secondary N) is 1. The molecule has 6 heteroatoms. The minimum absolute atomic E-state index is 0.0864. The van der Waals surface area contributed by atoms with Crippen molar-refractivity contribution in [2.45, 2.75) is 4.90 Å². The lowest BCUT2D eigenvalue weighted by Gasteiger charge is -2.07. The van der Waals surface area contributed by atoms with Crippen molar-refractivity contribution < 1.29 is 4.79 Å². The first-order chi connectivity index (χ1) is 9.54. The molecule has 2 aromatic rings. The van der Waals surface area contributed by atoms with Crippen LogP contribution >= 0.6 is 39.3 Å². The first-order valence-electron chi connectivity index (χ1n) is 5.78. The first kappa shape index (κ1) is 15.2. The van der Waals surface area contributed by atoms with E-state index < -0.39 is 0 Å². The maximum absolute atomic E-state index is 11.8. The van der Waals surface area contributed by atoms with Crippen molar-refractivity contribution in [3.63, 3.8) is 0 Å². The molecule has 0 unspecified atom stereocenters. The number of halogens is 2. The van der Waals surface area contributed by atoms with Crippen LogP contribution in [-0.2, 0) is 4.79 Å². The van der Waals surface area contributed by atoms with E-state index in [0.717, 1.165) is 15.1 Å². The van der Waals surface area contributed by atoms with Crippen LogP contribution in [0, 0.1) is 0 Å². The highest BCUT2D eigenvalue weighted by Gasteiger charge is 2.06. The second-order valence-corrected chi connectivity index (χ2v) is 6.40. The van der Waals surface area contributed by atoms with E-state index in [1.165, 1.54) is 11.8 Å². The number of nitrogen functional groups attached to an aromatic ring is 1. The van der Waals surface area contributed by atoms with E-state index in [4.69, 9.17) is 17.3 Å². The number of amides is 1. The van der Waals surface area contributed by atoms with Gasteiger partial charge in [0.05, 0.1) is 5.75 Å². The monoisotopic (exact) mass is 370 g/mol. The molecular weight excluding hydrogens is 360 g/mol. The fourth-order valence-electron chi connectivity index (χ4n) is 1.51. The molecule has 0 fully saturated rings. The summed E-state index contributed by atoms with van der Waals surface area (Å²) >= 11 is 10.6. The molecule has 2 aromatic carbocycles. The Morgan fingerprint density at radius 3 is 2.65 bits per heavy atom. The van der Waals surface area contributed by atoms with Gasteiger partial charge in [0.25, 0.3) is 0 Å². The molecular formula is C14H12BrClN2OS. The number of carbonyl (C=O) groups is 1. The van der Waals surface area contributed by atoms with E-state index in [2.05, 4.69) is 21.2 Å². The van der Waals surface area contributed by atoms with E-state index >= 15 is 0 Å². The molecule has 0 aliphatic rings. The average molecular weight is 372 g/mol. The molecule has 0 saturated heterocycles. The summed E-state index contributed by atoms with van der Waals surface area (Å²) in [5.41, 5.74) is 7.21. The predicted octanol–water partition coefficient (Wildman–Crippen LogP) is 4.42. The smallest absolute Gasteiger partial charge is 0.234 e. The maximum atomic E-state index is 11.8.